The molecule has 11 rings (SSSR count). The van der Waals surface area contributed by atoms with E-state index >= 15 is 0 Å². The number of methoxy groups -OCH3 is 1. The Bertz CT molecular complexity index is 4480. The van der Waals surface area contributed by atoms with Crippen molar-refractivity contribution in [3.63, 3.8) is 0 Å². The maximum absolute atomic E-state index is 13.0. The molecule has 144 heavy (non-hydrogen) atoms. The number of carbonyl (C=O) groups excluding carboxylic acids is 1. The molecule has 10 aromatic carbocycles. The Morgan fingerprint density at radius 1 is 0.333 bits per heavy atom. The number of ether oxygens (including phenoxy) is 1. The van der Waals surface area contributed by atoms with Crippen molar-refractivity contribution < 1.29 is 18.3 Å². The Balaban J connectivity index is 0. The number of esters is 1. The first-order chi connectivity index (χ1) is 67.8. The highest BCUT2D eigenvalue weighted by Crippen LogP contribution is 2.31. The van der Waals surface area contributed by atoms with E-state index in [4.69, 9.17) is 29.6 Å². The maximum Gasteiger partial charge on any atom is 0.337 e. The van der Waals surface area contributed by atoms with Gasteiger partial charge in [0.05, 0.1) is 12.7 Å². The fourth-order valence-electron chi connectivity index (χ4n) is 14.9. The van der Waals surface area contributed by atoms with Gasteiger partial charge in [-0.05, 0) is 342 Å². The first kappa shape index (κ1) is 138. The summed E-state index contributed by atoms with van der Waals surface area (Å²) >= 11 is 11.7. The number of hydrogen-bond acceptors (Lipinski definition) is 2. The van der Waals surface area contributed by atoms with Crippen molar-refractivity contribution >= 4 is 29.2 Å². The molecule has 0 amide bonds. The Morgan fingerprint density at radius 3 is 0.910 bits per heavy atom. The minimum absolute atomic E-state index is 0. The zero-order valence-corrected chi connectivity index (χ0v) is 97.9. The molecule has 1 saturated carbocycles. The quantitative estimate of drug-likeness (QED) is 0.0285. The van der Waals surface area contributed by atoms with Gasteiger partial charge in [0.25, 0.3) is 5.92 Å². The van der Waals surface area contributed by atoms with Crippen molar-refractivity contribution in [2.45, 2.75) is 407 Å². The predicted molar refractivity (Wildman–Crippen MR) is 641 cm³/mol. The molecule has 0 N–H and O–H groups in total. The SMILES string of the molecule is C.C#CCCC(C)C.CC(C)CCC1CCCCC1.CC(C)CCc1ccc(Cl)cc1.CC(C)CCc1cccc(C(C)(F)F)c1.CC(C)CCc1ccccc1.CC(C)CCc1ccccc1.CC(C)CCc1ccccc1.CCc1ccc(CCC(C)C)cc1.COC(=O)c1ccc(CCC(C)C)cc1.Cc1cc(CCC(C)C)ccc1Cl.Cc1ccc(CCC(C)C)cc1.Cc1cccc(CCC(C)C)c1. The Hall–Kier alpha value is -8.33. The molecule has 10 aromatic rings. The van der Waals surface area contributed by atoms with E-state index in [-0.39, 0.29) is 19.0 Å². The normalized spacial score (nSPS) is 11.4. The predicted octanol–water partition coefficient (Wildman–Crippen LogP) is 43.1. The van der Waals surface area contributed by atoms with Gasteiger partial charge in [0, 0.05) is 29.0 Å². The molecular formula is C138H210Cl2F2O2. The molecule has 0 spiro atoms. The van der Waals surface area contributed by atoms with Crippen LogP contribution in [-0.4, -0.2) is 13.1 Å². The summed E-state index contributed by atoms with van der Waals surface area (Å²) in [5.41, 5.74) is 19.9. The largest absolute Gasteiger partial charge is 0.465 e. The number of rotatable bonds is 38. The van der Waals surface area contributed by atoms with E-state index in [1.807, 2.05) is 48.5 Å². The minimum atomic E-state index is -2.73. The molecule has 0 saturated heterocycles. The lowest BCUT2D eigenvalue weighted by molar-refractivity contribution is 0.0173. The Kier molecular flexibility index (Phi) is 81.9. The zero-order chi connectivity index (χ0) is 107. The third-order valence-corrected chi connectivity index (χ3v) is 25.6. The lowest BCUT2D eigenvalue weighted by atomic mass is 9.85. The second-order valence-electron chi connectivity index (χ2n) is 45.0. The van der Waals surface area contributed by atoms with E-state index in [1.54, 1.807) is 12.1 Å². The van der Waals surface area contributed by atoms with E-state index in [9.17, 15) is 13.6 Å². The van der Waals surface area contributed by atoms with Gasteiger partial charge < -0.3 is 4.74 Å². The summed E-state index contributed by atoms with van der Waals surface area (Å²) < 4.78 is 30.7. The summed E-state index contributed by atoms with van der Waals surface area (Å²) in [4.78, 5) is 11.2. The van der Waals surface area contributed by atoms with Gasteiger partial charge in [0.2, 0.25) is 0 Å². The van der Waals surface area contributed by atoms with Crippen LogP contribution in [0.4, 0.5) is 8.78 Å². The van der Waals surface area contributed by atoms with Crippen molar-refractivity contribution in [3.05, 3.63) is 354 Å². The molecule has 0 atom stereocenters. The molecular weight excluding hydrogens is 1800 g/mol. The molecule has 0 aromatic heterocycles. The molecule has 0 bridgehead atoms. The van der Waals surface area contributed by atoms with Gasteiger partial charge in [-0.2, -0.15) is 0 Å². The first-order valence-electron chi connectivity index (χ1n) is 55.7. The molecule has 1 fully saturated rings. The van der Waals surface area contributed by atoms with Crippen LogP contribution >= 0.6 is 23.2 Å². The van der Waals surface area contributed by atoms with Gasteiger partial charge in [-0.1, -0.05) is 478 Å². The van der Waals surface area contributed by atoms with Crippen LogP contribution in [0.15, 0.2) is 255 Å². The lowest BCUT2D eigenvalue weighted by Crippen LogP contribution is -2.07. The monoisotopic (exact) mass is 2010 g/mol. The Morgan fingerprint density at radius 2 is 0.611 bits per heavy atom. The molecule has 0 aliphatic heterocycles. The average Bonchev–Trinajstić information content (AvgIpc) is 0.836. The zero-order valence-electron chi connectivity index (χ0n) is 96.4. The van der Waals surface area contributed by atoms with Gasteiger partial charge in [-0.3, -0.25) is 0 Å². The fourth-order valence-corrected chi connectivity index (χ4v) is 15.2. The van der Waals surface area contributed by atoms with Crippen molar-refractivity contribution in [2.75, 3.05) is 7.11 Å². The number of hydrogen-bond donors (Lipinski definition) is 0. The number of carbonyl (C=O) groups is 1. The number of alkyl halides is 2. The number of aryl methyl sites for hydroxylation is 14. The minimum Gasteiger partial charge on any atom is -0.465 e. The highest BCUT2D eigenvalue weighted by molar-refractivity contribution is 6.31. The molecule has 0 radical (unpaired) electrons. The first-order valence-corrected chi connectivity index (χ1v) is 56.4. The third kappa shape index (κ3) is 81.7. The van der Waals surface area contributed by atoms with E-state index in [0.717, 1.165) is 139 Å². The van der Waals surface area contributed by atoms with E-state index in [0.29, 0.717) is 17.4 Å². The second-order valence-corrected chi connectivity index (χ2v) is 45.9. The number of halogens is 4. The van der Waals surface area contributed by atoms with Crippen LogP contribution in [0.1, 0.15) is 403 Å². The third-order valence-electron chi connectivity index (χ3n) is 25.0. The standard InChI is InChI=1S/C13H18F2.C13H18O2.C13H20.C12H17Cl.2C12H18.C11H15Cl.C11H22.3C11H16.C7H12.CH4/c1-10(2)7-8-11-5-4-6-12(9-11)13(3,14)15;1-10(2)4-5-11-6-8-12(9-7-11)13(14)15-3;1-4-12-7-9-13(10-8-12)6-5-11(2)3;1-9(2)4-5-11-6-7-12(13)10(3)8-11;1-10(2)4-7-12-8-5-11(3)6-9-12;1-10(2)7-8-12-6-4-5-11(3)9-12;1-9(2)3-4-10-5-7-11(12)8-6-10;4*1-10(2)8-9-11-6-4-3-5-7-11;1-4-5-6-7(2)3;/h4-6,9-10H,7-8H2,1-3H3;6-10H,4-5H2,1-3H3;7-11H,4-6H2,1-3H3;6-9H,4-5H2,1-3H3;5-6,8-10H,4,7H2,1-3H3;4-6,9-10H,7-8H2,1-3H3;5-9H,3-4H2,1-2H3;10-11H,3-9H2,1-2H3;3*3-7,10H,8-9H2,1-2H3;1,7H,5-6H2,2-3H3;1H4. The van der Waals surface area contributed by atoms with Crippen LogP contribution in [0, 0.1) is 110 Å². The summed E-state index contributed by atoms with van der Waals surface area (Å²) in [5, 5.41) is 1.69. The lowest BCUT2D eigenvalue weighted by Gasteiger charge is -2.21. The molecule has 1 aliphatic carbocycles. The van der Waals surface area contributed by atoms with Gasteiger partial charge in [0.1, 0.15) is 0 Å². The fraction of sp³-hybridized carbons (Fsp3) is 0.543. The van der Waals surface area contributed by atoms with Crippen LogP contribution in [0.2, 0.25) is 10.0 Å². The summed E-state index contributed by atoms with van der Waals surface area (Å²) in [6.45, 7) is 63.4. The van der Waals surface area contributed by atoms with E-state index < -0.39 is 5.92 Å². The second kappa shape index (κ2) is 85.6. The summed E-state index contributed by atoms with van der Waals surface area (Å²) in [6, 6.07) is 87.5. The highest BCUT2D eigenvalue weighted by atomic mass is 35.5. The summed E-state index contributed by atoms with van der Waals surface area (Å²) in [5.74, 6) is 10.1. The van der Waals surface area contributed by atoms with E-state index in [1.165, 1.54) is 227 Å². The van der Waals surface area contributed by atoms with Crippen molar-refractivity contribution in [1.29, 1.82) is 0 Å². The molecule has 2 nitrogen and oxygen atoms in total. The van der Waals surface area contributed by atoms with Gasteiger partial charge in [-0.25, -0.2) is 13.6 Å². The number of benzene rings is 10. The van der Waals surface area contributed by atoms with Gasteiger partial charge in [-0.15, -0.1) is 12.3 Å². The van der Waals surface area contributed by atoms with Gasteiger partial charge in [0.15, 0.2) is 0 Å². The van der Waals surface area contributed by atoms with Crippen molar-refractivity contribution in [2.24, 2.45) is 76.9 Å². The molecule has 1 aliphatic rings. The Labute approximate surface area is 898 Å². The summed E-state index contributed by atoms with van der Waals surface area (Å²) in [7, 11) is 1.40. The number of terminal acetylenes is 1. The average molecular weight is 2010 g/mol. The van der Waals surface area contributed by atoms with Crippen LogP contribution in [0.25, 0.3) is 0 Å². The van der Waals surface area contributed by atoms with Crippen molar-refractivity contribution in [3.8, 4) is 12.3 Å². The summed E-state index contributed by atoms with van der Waals surface area (Å²) in [6.07, 6.45) is 42.8. The van der Waals surface area contributed by atoms with Crippen LogP contribution in [0.5, 0.6) is 0 Å². The van der Waals surface area contributed by atoms with Gasteiger partial charge >= 0.3 is 5.97 Å². The van der Waals surface area contributed by atoms with Crippen LogP contribution in [0.3, 0.4) is 0 Å². The highest BCUT2D eigenvalue weighted by Gasteiger charge is 2.24. The van der Waals surface area contributed by atoms with Crippen LogP contribution in [-0.2, 0) is 81.3 Å². The van der Waals surface area contributed by atoms with Crippen molar-refractivity contribution in [1.82, 2.24) is 0 Å². The maximum atomic E-state index is 13.0. The topological polar surface area (TPSA) is 26.3 Å². The molecule has 802 valence electrons. The van der Waals surface area contributed by atoms with E-state index in [2.05, 4.69) is 393 Å². The smallest absolute Gasteiger partial charge is 0.337 e. The molecule has 0 unspecified atom stereocenters. The molecule has 0 heterocycles. The van der Waals surface area contributed by atoms with Crippen LogP contribution < -0.4 is 0 Å². The molecule has 6 heteroatoms.